The molecule has 0 saturated carbocycles. The molecule has 0 aliphatic carbocycles. The Balaban J connectivity index is 2.58. The van der Waals surface area contributed by atoms with Gasteiger partial charge in [0.1, 0.15) is 5.82 Å². The summed E-state index contributed by atoms with van der Waals surface area (Å²) < 4.78 is 41.2. The molecular formula is C14H16F3N3. The molecule has 0 amide bonds. The van der Waals surface area contributed by atoms with E-state index >= 15 is 0 Å². The van der Waals surface area contributed by atoms with Crippen molar-refractivity contribution in [3.63, 3.8) is 0 Å². The molecule has 6 heteroatoms. The maximum absolute atomic E-state index is 13.2. The molecule has 1 heterocycles. The summed E-state index contributed by atoms with van der Waals surface area (Å²) >= 11 is 0. The molecule has 0 aliphatic rings. The second-order valence-corrected chi connectivity index (χ2v) is 4.45. The van der Waals surface area contributed by atoms with Gasteiger partial charge in [-0.05, 0) is 24.7 Å². The summed E-state index contributed by atoms with van der Waals surface area (Å²) in [6.07, 6.45) is -0.751. The fraction of sp³-hybridized carbons (Fsp3) is 0.357. The molecule has 1 aromatic heterocycles. The van der Waals surface area contributed by atoms with Crippen LogP contribution in [0.1, 0.15) is 23.9 Å². The van der Waals surface area contributed by atoms with Gasteiger partial charge in [-0.15, -0.1) is 0 Å². The lowest BCUT2D eigenvalue weighted by Crippen LogP contribution is -2.14. The zero-order valence-corrected chi connectivity index (χ0v) is 11.3. The number of halogens is 3. The number of aromatic nitrogens is 2. The van der Waals surface area contributed by atoms with Crippen LogP contribution in [0.25, 0.3) is 5.69 Å². The van der Waals surface area contributed by atoms with Crippen LogP contribution in [0.4, 0.5) is 13.2 Å². The van der Waals surface area contributed by atoms with E-state index in [1.54, 1.807) is 19.3 Å². The van der Waals surface area contributed by atoms with Crippen LogP contribution in [0, 0.1) is 0 Å². The lowest BCUT2D eigenvalue weighted by molar-refractivity contribution is -0.137. The first-order valence-electron chi connectivity index (χ1n) is 6.34. The standard InChI is InChI=1S/C14H16F3N3/c1-3-13-19-6-7-20(13)12-5-4-10(9-18-2)8-11(12)14(15,16)17/h4-8,18H,3,9H2,1-2H3. The summed E-state index contributed by atoms with van der Waals surface area (Å²) in [7, 11) is 1.70. The minimum absolute atomic E-state index is 0.117. The van der Waals surface area contributed by atoms with Crippen molar-refractivity contribution in [3.05, 3.63) is 47.5 Å². The minimum atomic E-state index is -4.39. The van der Waals surface area contributed by atoms with Crippen molar-refractivity contribution < 1.29 is 13.2 Å². The summed E-state index contributed by atoms with van der Waals surface area (Å²) in [5.41, 5.74) is 0.0754. The maximum atomic E-state index is 13.2. The van der Waals surface area contributed by atoms with Crippen LogP contribution in [0.5, 0.6) is 0 Å². The number of rotatable bonds is 4. The fourth-order valence-electron chi connectivity index (χ4n) is 2.15. The predicted molar refractivity (Wildman–Crippen MR) is 70.7 cm³/mol. The zero-order chi connectivity index (χ0) is 14.8. The van der Waals surface area contributed by atoms with Crippen LogP contribution in [-0.2, 0) is 19.1 Å². The Kier molecular flexibility index (Phi) is 4.13. The van der Waals surface area contributed by atoms with E-state index in [1.807, 2.05) is 6.92 Å². The Labute approximate surface area is 115 Å². The average Bonchev–Trinajstić information content (AvgIpc) is 2.86. The van der Waals surface area contributed by atoms with Crippen molar-refractivity contribution >= 4 is 0 Å². The van der Waals surface area contributed by atoms with Crippen LogP contribution in [0.3, 0.4) is 0 Å². The van der Waals surface area contributed by atoms with Gasteiger partial charge in [0.25, 0.3) is 0 Å². The second kappa shape index (κ2) is 5.66. The summed E-state index contributed by atoms with van der Waals surface area (Å²) in [5, 5.41) is 2.85. The van der Waals surface area contributed by atoms with Crippen molar-refractivity contribution in [1.29, 1.82) is 0 Å². The second-order valence-electron chi connectivity index (χ2n) is 4.45. The highest BCUT2D eigenvalue weighted by Crippen LogP contribution is 2.35. The summed E-state index contributed by atoms with van der Waals surface area (Å²) in [6.45, 7) is 2.26. The summed E-state index contributed by atoms with van der Waals surface area (Å²) in [5.74, 6) is 0.608. The highest BCUT2D eigenvalue weighted by Gasteiger charge is 2.34. The molecule has 0 bridgehead atoms. The number of aryl methyl sites for hydroxylation is 1. The molecule has 20 heavy (non-hydrogen) atoms. The van der Waals surface area contributed by atoms with Gasteiger partial charge >= 0.3 is 6.18 Å². The number of hydrogen-bond acceptors (Lipinski definition) is 2. The first-order chi connectivity index (χ1) is 9.47. The lowest BCUT2D eigenvalue weighted by Gasteiger charge is -2.16. The molecule has 0 atom stereocenters. The van der Waals surface area contributed by atoms with Crippen LogP contribution in [0.2, 0.25) is 0 Å². The van der Waals surface area contributed by atoms with E-state index in [-0.39, 0.29) is 5.69 Å². The highest BCUT2D eigenvalue weighted by molar-refractivity contribution is 5.46. The van der Waals surface area contributed by atoms with Crippen LogP contribution < -0.4 is 5.32 Å². The molecule has 1 N–H and O–H groups in total. The molecule has 0 aliphatic heterocycles. The number of nitrogens with zero attached hydrogens (tertiary/aromatic N) is 2. The fourth-order valence-corrected chi connectivity index (χ4v) is 2.15. The maximum Gasteiger partial charge on any atom is 0.418 e. The Morgan fingerprint density at radius 1 is 1.30 bits per heavy atom. The van der Waals surface area contributed by atoms with Gasteiger partial charge < -0.3 is 9.88 Å². The molecule has 2 rings (SSSR count). The molecule has 0 spiro atoms. The molecule has 1 aromatic carbocycles. The Bertz CT molecular complexity index is 588. The Hall–Kier alpha value is -1.82. The molecule has 108 valence electrons. The summed E-state index contributed by atoms with van der Waals surface area (Å²) in [4.78, 5) is 4.08. The quantitative estimate of drug-likeness (QED) is 0.934. The van der Waals surface area contributed by atoms with Gasteiger partial charge in [-0.2, -0.15) is 13.2 Å². The van der Waals surface area contributed by atoms with Gasteiger partial charge in [-0.1, -0.05) is 13.0 Å². The topological polar surface area (TPSA) is 29.9 Å². The molecule has 0 unspecified atom stereocenters. The lowest BCUT2D eigenvalue weighted by atomic mass is 10.1. The van der Waals surface area contributed by atoms with E-state index in [2.05, 4.69) is 10.3 Å². The van der Waals surface area contributed by atoms with Crippen LogP contribution in [-0.4, -0.2) is 16.6 Å². The third kappa shape index (κ3) is 2.85. The predicted octanol–water partition coefficient (Wildman–Crippen LogP) is 3.17. The largest absolute Gasteiger partial charge is 0.418 e. The van der Waals surface area contributed by atoms with Crippen molar-refractivity contribution in [2.75, 3.05) is 7.05 Å². The number of imidazole rings is 1. The SMILES string of the molecule is CCc1nccn1-c1ccc(CNC)cc1C(F)(F)F. The van der Waals surface area contributed by atoms with Crippen molar-refractivity contribution in [3.8, 4) is 5.69 Å². The van der Waals surface area contributed by atoms with Crippen LogP contribution in [0.15, 0.2) is 30.6 Å². The Morgan fingerprint density at radius 2 is 2.05 bits per heavy atom. The highest BCUT2D eigenvalue weighted by atomic mass is 19.4. The van der Waals surface area contributed by atoms with Gasteiger partial charge in [-0.25, -0.2) is 4.98 Å². The van der Waals surface area contributed by atoms with E-state index in [1.165, 1.54) is 22.9 Å². The van der Waals surface area contributed by atoms with Gasteiger partial charge in [-0.3, -0.25) is 0 Å². The van der Waals surface area contributed by atoms with E-state index < -0.39 is 11.7 Å². The van der Waals surface area contributed by atoms with Gasteiger partial charge in [0.2, 0.25) is 0 Å². The number of hydrogen-bond donors (Lipinski definition) is 1. The monoisotopic (exact) mass is 283 g/mol. The molecule has 0 saturated heterocycles. The average molecular weight is 283 g/mol. The molecule has 2 aromatic rings. The summed E-state index contributed by atoms with van der Waals surface area (Å²) in [6, 6.07) is 4.38. The molecule has 0 radical (unpaired) electrons. The third-order valence-electron chi connectivity index (χ3n) is 3.04. The smallest absolute Gasteiger partial charge is 0.316 e. The van der Waals surface area contributed by atoms with Crippen LogP contribution >= 0.6 is 0 Å². The normalized spacial score (nSPS) is 11.8. The van der Waals surface area contributed by atoms with Gasteiger partial charge in [0.05, 0.1) is 11.3 Å². The zero-order valence-electron chi connectivity index (χ0n) is 11.3. The van der Waals surface area contributed by atoms with E-state index in [0.717, 1.165) is 0 Å². The number of benzene rings is 1. The van der Waals surface area contributed by atoms with E-state index in [0.29, 0.717) is 24.4 Å². The van der Waals surface area contributed by atoms with Gasteiger partial charge in [0.15, 0.2) is 0 Å². The van der Waals surface area contributed by atoms with E-state index in [4.69, 9.17) is 0 Å². The third-order valence-corrected chi connectivity index (χ3v) is 3.04. The number of nitrogens with one attached hydrogen (secondary N) is 1. The molecule has 0 fully saturated rings. The van der Waals surface area contributed by atoms with Gasteiger partial charge in [0, 0.05) is 25.4 Å². The van der Waals surface area contributed by atoms with Crippen molar-refractivity contribution in [2.45, 2.75) is 26.1 Å². The number of alkyl halides is 3. The molecular weight excluding hydrogens is 267 g/mol. The van der Waals surface area contributed by atoms with Crippen molar-refractivity contribution in [2.24, 2.45) is 0 Å². The van der Waals surface area contributed by atoms with Crippen molar-refractivity contribution in [1.82, 2.24) is 14.9 Å². The first-order valence-corrected chi connectivity index (χ1v) is 6.34. The van der Waals surface area contributed by atoms with E-state index in [9.17, 15) is 13.2 Å². The molecule has 3 nitrogen and oxygen atoms in total. The first kappa shape index (κ1) is 14.6. The Morgan fingerprint density at radius 3 is 2.65 bits per heavy atom. The minimum Gasteiger partial charge on any atom is -0.316 e.